The summed E-state index contributed by atoms with van der Waals surface area (Å²) in [5.41, 5.74) is 6.25. The number of rotatable bonds is 10. The molecule has 12 rings (SSSR count). The van der Waals surface area contributed by atoms with Crippen molar-refractivity contribution in [2.24, 2.45) is 11.8 Å². The van der Waals surface area contributed by atoms with Gasteiger partial charge in [0.15, 0.2) is 11.4 Å². The number of morpholine rings is 2. The zero-order chi connectivity index (χ0) is 51.6. The second kappa shape index (κ2) is 23.4. The van der Waals surface area contributed by atoms with Gasteiger partial charge in [-0.25, -0.2) is 8.78 Å². The fourth-order valence-corrected chi connectivity index (χ4v) is 15.4. The minimum atomic E-state index is -2.62. The van der Waals surface area contributed by atoms with E-state index in [0.29, 0.717) is 82.8 Å². The lowest BCUT2D eigenvalue weighted by Gasteiger charge is -2.39. The summed E-state index contributed by atoms with van der Waals surface area (Å²) in [6.07, 6.45) is 7.51. The third kappa shape index (κ3) is 11.6. The van der Waals surface area contributed by atoms with Gasteiger partial charge in [-0.15, -0.1) is 0 Å². The van der Waals surface area contributed by atoms with E-state index in [1.54, 1.807) is 4.90 Å². The second-order valence-corrected chi connectivity index (χ2v) is 24.8. The van der Waals surface area contributed by atoms with Crippen molar-refractivity contribution in [3.63, 3.8) is 0 Å². The predicted molar refractivity (Wildman–Crippen MR) is 282 cm³/mol. The number of piperidine rings is 3. The van der Waals surface area contributed by atoms with E-state index in [1.165, 1.54) is 19.3 Å². The van der Waals surface area contributed by atoms with Crippen molar-refractivity contribution in [3.05, 3.63) is 71.0 Å². The van der Waals surface area contributed by atoms with E-state index in [9.17, 15) is 26.8 Å². The summed E-state index contributed by atoms with van der Waals surface area (Å²) < 4.78 is 75.2. The lowest BCUT2D eigenvalue weighted by atomic mass is 9.95. The Morgan fingerprint density at radius 3 is 1.69 bits per heavy atom. The molecule has 10 heterocycles. The number of carbonyl (C=O) groups is 2. The summed E-state index contributed by atoms with van der Waals surface area (Å²) >= 11 is 0. The van der Waals surface area contributed by atoms with Gasteiger partial charge >= 0.3 is 0 Å². The molecule has 8 aliphatic heterocycles. The average molecular weight is 1070 g/mol. The van der Waals surface area contributed by atoms with E-state index in [-0.39, 0.29) is 48.5 Å². The topological polar surface area (TPSA) is 148 Å². The van der Waals surface area contributed by atoms with Crippen LogP contribution in [-0.2, 0) is 47.3 Å². The Morgan fingerprint density at radius 2 is 1.13 bits per heavy atom. The first-order valence-corrected chi connectivity index (χ1v) is 30.2. The first kappa shape index (κ1) is 52.8. The van der Waals surface area contributed by atoms with Crippen molar-refractivity contribution >= 4 is 33.4 Å². The minimum Gasteiger partial charge on any atom is -0.381 e. The van der Waals surface area contributed by atoms with Crippen LogP contribution in [0.15, 0.2) is 58.3 Å². The Kier molecular flexibility index (Phi) is 16.4. The first-order valence-electron chi connectivity index (χ1n) is 27.5. The number of hydrogen-bond acceptors (Lipinski definition) is 12. The Hall–Kier alpha value is -4.28. The first-order chi connectivity index (χ1) is 36.5. The van der Waals surface area contributed by atoms with E-state index >= 15 is 0 Å². The van der Waals surface area contributed by atoms with Gasteiger partial charge in [-0.1, -0.05) is 43.3 Å². The van der Waals surface area contributed by atoms with Crippen LogP contribution in [0, 0.1) is 11.8 Å². The zero-order valence-electron chi connectivity index (χ0n) is 43.4. The maximum Gasteiger partial charge on any atom is 0.274 e. The molecular formula is C55H73F2N9O7S2. The number of nitrogens with zero attached hydrogens (tertiary/aromatic N) is 9. The van der Waals surface area contributed by atoms with E-state index in [1.807, 2.05) is 69.9 Å². The van der Waals surface area contributed by atoms with Gasteiger partial charge < -0.3 is 28.9 Å². The highest BCUT2D eigenvalue weighted by Crippen LogP contribution is 2.43. The molecule has 20 heteroatoms. The maximum absolute atomic E-state index is 14.1. The van der Waals surface area contributed by atoms with Crippen molar-refractivity contribution < 1.29 is 41.0 Å². The van der Waals surface area contributed by atoms with Crippen molar-refractivity contribution in [2.45, 2.75) is 97.6 Å². The molecule has 75 heavy (non-hydrogen) atoms. The van der Waals surface area contributed by atoms with Crippen LogP contribution in [0.5, 0.6) is 0 Å². The standard InChI is InChI=1S/C28H37F2N5O3S.C27H36N4O4S/c1-20-15-28(29,30)19-33(16-20)10-9-32-8-4-5-21(17-32)35-26-22-6-2-3-7-24(22)39(37)18-23(26)25(31-35)27(36)34-11-13-38-14-12-34;32-27(30-13-17-35-18-14-30)25-23-19-36(33)24-4-2-1-3-22(24)26(23)31(28-25)21-6-11-29(12-7-21)10-5-20-8-15-34-16-9-20/h2-3,6-7,20-21H,4-5,8-19H2,1H3;1-4,20-21H,5-19H2. The number of halogens is 2. The highest BCUT2D eigenvalue weighted by atomic mass is 32.2. The molecule has 2 aromatic carbocycles. The van der Waals surface area contributed by atoms with Crippen LogP contribution in [0.4, 0.5) is 8.78 Å². The van der Waals surface area contributed by atoms with E-state index in [4.69, 9.17) is 24.4 Å². The average Bonchev–Trinajstić information content (AvgIpc) is 4.02. The smallest absolute Gasteiger partial charge is 0.274 e. The number of hydrogen-bond donors (Lipinski definition) is 0. The van der Waals surface area contributed by atoms with Gasteiger partial charge in [0.1, 0.15) is 0 Å². The molecule has 0 aliphatic carbocycles. The van der Waals surface area contributed by atoms with E-state index < -0.39 is 27.5 Å². The summed E-state index contributed by atoms with van der Waals surface area (Å²) in [7, 11) is -2.43. The molecule has 406 valence electrons. The number of carbonyl (C=O) groups excluding carboxylic acids is 2. The van der Waals surface area contributed by atoms with Gasteiger partial charge in [0.25, 0.3) is 17.7 Å². The van der Waals surface area contributed by atoms with Crippen LogP contribution in [0.1, 0.15) is 102 Å². The van der Waals surface area contributed by atoms with E-state index in [0.717, 1.165) is 128 Å². The van der Waals surface area contributed by atoms with Crippen molar-refractivity contribution in [1.82, 2.24) is 44.1 Å². The highest BCUT2D eigenvalue weighted by Gasteiger charge is 2.41. The highest BCUT2D eigenvalue weighted by molar-refractivity contribution is 7.84. The maximum atomic E-state index is 14.1. The number of benzene rings is 2. The van der Waals surface area contributed by atoms with E-state index in [2.05, 4.69) is 14.5 Å². The van der Waals surface area contributed by atoms with Crippen molar-refractivity contribution in [3.8, 4) is 22.5 Å². The fraction of sp³-hybridized carbons (Fsp3) is 0.636. The Balaban J connectivity index is 0.000000161. The molecule has 0 N–H and O–H groups in total. The summed E-state index contributed by atoms with van der Waals surface area (Å²) in [6, 6.07) is 15.9. The Bertz CT molecular complexity index is 2730. The molecule has 0 saturated carbocycles. The van der Waals surface area contributed by atoms with Crippen molar-refractivity contribution in [2.75, 3.05) is 125 Å². The quantitative estimate of drug-likeness (QED) is 0.174. The molecule has 8 aliphatic rings. The number of ether oxygens (including phenoxy) is 3. The Labute approximate surface area is 444 Å². The molecular weight excluding hydrogens is 1000 g/mol. The normalized spacial score (nSPS) is 25.9. The van der Waals surface area contributed by atoms with Crippen LogP contribution in [0.3, 0.4) is 0 Å². The molecule has 0 radical (unpaired) electrons. The molecule has 4 atom stereocenters. The van der Waals surface area contributed by atoms with Crippen LogP contribution in [0.25, 0.3) is 22.5 Å². The molecule has 4 unspecified atom stereocenters. The fourth-order valence-electron chi connectivity index (χ4n) is 12.8. The summed E-state index contributed by atoms with van der Waals surface area (Å²) in [4.78, 5) is 39.3. The molecule has 16 nitrogen and oxygen atoms in total. The molecule has 0 spiro atoms. The third-order valence-corrected chi connectivity index (χ3v) is 19.5. The van der Waals surface area contributed by atoms with Crippen LogP contribution in [-0.4, -0.2) is 195 Å². The lowest BCUT2D eigenvalue weighted by molar-refractivity contribution is -0.0829. The number of fused-ring (bicyclic) bond motifs is 6. The molecule has 0 bridgehead atoms. The zero-order valence-corrected chi connectivity index (χ0v) is 45.0. The molecule has 2 amide bonds. The summed E-state index contributed by atoms with van der Waals surface area (Å²) in [6.45, 7) is 14.8. The van der Waals surface area contributed by atoms with Gasteiger partial charge in [-0.2, -0.15) is 10.2 Å². The van der Waals surface area contributed by atoms with Crippen LogP contribution in [0.2, 0.25) is 0 Å². The van der Waals surface area contributed by atoms with Gasteiger partial charge in [0.05, 0.1) is 89.5 Å². The molecule has 4 aromatic rings. The van der Waals surface area contributed by atoms with Gasteiger partial charge in [-0.05, 0) is 82.0 Å². The van der Waals surface area contributed by atoms with Gasteiger partial charge in [0, 0.05) is 117 Å². The summed E-state index contributed by atoms with van der Waals surface area (Å²) in [5, 5.41) is 9.94. The van der Waals surface area contributed by atoms with Crippen LogP contribution >= 0.6 is 0 Å². The lowest BCUT2D eigenvalue weighted by Crippen LogP contribution is -2.49. The monoisotopic (exact) mass is 1070 g/mol. The molecule has 6 fully saturated rings. The number of alkyl halides is 2. The predicted octanol–water partition coefficient (Wildman–Crippen LogP) is 6.36. The van der Waals surface area contributed by atoms with Crippen molar-refractivity contribution in [1.29, 1.82) is 0 Å². The second-order valence-electron chi connectivity index (χ2n) is 21.9. The number of amides is 2. The van der Waals surface area contributed by atoms with Gasteiger partial charge in [-0.3, -0.25) is 37.2 Å². The number of likely N-dealkylation sites (tertiary alicyclic amines) is 3. The van der Waals surface area contributed by atoms with Gasteiger partial charge in [0.2, 0.25) is 0 Å². The molecule has 2 aromatic heterocycles. The Morgan fingerprint density at radius 1 is 0.613 bits per heavy atom. The van der Waals surface area contributed by atoms with Crippen LogP contribution < -0.4 is 0 Å². The SMILES string of the molecule is CC1CN(CCN2CCCC(n3nc(C(=O)N4CCOCC4)c4c3-c3ccccc3S(=O)C4)C2)CC(F)(F)C1.O=C(c1nn(C2CCN(CCC3CCOCC3)CC2)c2c1CS(=O)c1ccccc1-2)N1CCOCC1. The third-order valence-electron chi connectivity index (χ3n) is 16.7. The number of aromatic nitrogens is 4. The largest absolute Gasteiger partial charge is 0.381 e. The summed E-state index contributed by atoms with van der Waals surface area (Å²) in [5.74, 6) is -1.40. The minimum absolute atomic E-state index is 0.00788. The molecule has 6 saturated heterocycles.